The summed E-state index contributed by atoms with van der Waals surface area (Å²) < 4.78 is 1.94. The predicted molar refractivity (Wildman–Crippen MR) is 92.2 cm³/mol. The van der Waals surface area contributed by atoms with Gasteiger partial charge in [-0.1, -0.05) is 55.6 Å². The average Bonchev–Trinajstić information content (AvgIpc) is 2.86. The third-order valence-electron chi connectivity index (χ3n) is 3.73. The summed E-state index contributed by atoms with van der Waals surface area (Å²) in [5, 5.41) is 6.80. The number of hydrogen-bond acceptors (Lipinski definition) is 1. The fourth-order valence-electron chi connectivity index (χ4n) is 2.30. The number of nitrogens with zero attached hydrogens (tertiary/aromatic N) is 2. The van der Waals surface area contributed by atoms with Gasteiger partial charge in [0.05, 0.1) is 0 Å². The van der Waals surface area contributed by atoms with Gasteiger partial charge in [0, 0.05) is 40.0 Å². The maximum Gasteiger partial charge on any atom is 0.0492 e. The summed E-state index contributed by atoms with van der Waals surface area (Å²) in [5.74, 6) is 0. The van der Waals surface area contributed by atoms with Crippen LogP contribution in [0.4, 0.5) is 0 Å². The van der Waals surface area contributed by atoms with Crippen molar-refractivity contribution in [2.75, 3.05) is 10.7 Å². The van der Waals surface area contributed by atoms with Gasteiger partial charge in [0.25, 0.3) is 0 Å². The lowest BCUT2D eigenvalue weighted by Gasteiger charge is -2.31. The van der Waals surface area contributed by atoms with Crippen molar-refractivity contribution in [1.29, 1.82) is 0 Å². The van der Waals surface area contributed by atoms with Crippen LogP contribution in [0.15, 0.2) is 36.5 Å². The molecule has 0 radical (unpaired) electrons. The highest BCUT2D eigenvalue weighted by atomic mass is 79.9. The molecule has 0 spiro atoms. The average molecular weight is 421 g/mol. The molecule has 0 aliphatic rings. The largest absolute Gasteiger partial charge is 0.273 e. The van der Waals surface area contributed by atoms with Crippen molar-refractivity contribution in [1.82, 2.24) is 9.78 Å². The normalized spacial score (nSPS) is 11.8. The van der Waals surface area contributed by atoms with Crippen LogP contribution in [0, 0.1) is 0 Å². The third kappa shape index (κ3) is 3.46. The fourth-order valence-corrected chi connectivity index (χ4v) is 4.63. The first-order valence-corrected chi connectivity index (χ1v) is 9.08. The molecule has 5 heteroatoms. The lowest BCUT2D eigenvalue weighted by molar-refractivity contribution is 0.494. The van der Waals surface area contributed by atoms with E-state index in [4.69, 9.17) is 11.6 Å². The highest BCUT2D eigenvalue weighted by Crippen LogP contribution is 2.34. The molecule has 0 unspecified atom stereocenters. The van der Waals surface area contributed by atoms with E-state index < -0.39 is 0 Å². The second-order valence-corrected chi connectivity index (χ2v) is 6.56. The molecule has 1 aromatic carbocycles. The van der Waals surface area contributed by atoms with Crippen molar-refractivity contribution < 1.29 is 0 Å². The zero-order chi connectivity index (χ0) is 14.6. The van der Waals surface area contributed by atoms with Crippen LogP contribution in [0.25, 0.3) is 0 Å². The molecular formula is C15H17Br2ClN2. The maximum atomic E-state index is 6.15. The van der Waals surface area contributed by atoms with Gasteiger partial charge in [0.1, 0.15) is 0 Å². The number of benzene rings is 1. The summed E-state index contributed by atoms with van der Waals surface area (Å²) >= 11 is 13.5. The highest BCUT2D eigenvalue weighted by Gasteiger charge is 2.30. The Balaban J connectivity index is 2.23. The van der Waals surface area contributed by atoms with Crippen LogP contribution in [-0.4, -0.2) is 20.4 Å². The van der Waals surface area contributed by atoms with E-state index in [0.29, 0.717) is 0 Å². The van der Waals surface area contributed by atoms with E-state index >= 15 is 0 Å². The summed E-state index contributed by atoms with van der Waals surface area (Å²) in [6.07, 6.45) is 3.86. The van der Waals surface area contributed by atoms with Crippen LogP contribution in [0.1, 0.15) is 17.7 Å². The zero-order valence-corrected chi connectivity index (χ0v) is 15.2. The first kappa shape index (κ1) is 16.1. The van der Waals surface area contributed by atoms with Gasteiger partial charge in [0.2, 0.25) is 0 Å². The molecule has 0 aliphatic heterocycles. The Morgan fingerprint density at radius 3 is 2.55 bits per heavy atom. The van der Waals surface area contributed by atoms with E-state index in [-0.39, 0.29) is 5.41 Å². The number of alkyl halides is 2. The molecule has 0 saturated heterocycles. The number of halogens is 3. The van der Waals surface area contributed by atoms with Gasteiger partial charge in [-0.25, -0.2) is 0 Å². The van der Waals surface area contributed by atoms with Crippen LogP contribution in [-0.2, 0) is 18.9 Å². The van der Waals surface area contributed by atoms with Gasteiger partial charge in [-0.05, 0) is 36.6 Å². The van der Waals surface area contributed by atoms with Crippen LogP contribution >= 0.6 is 43.5 Å². The van der Waals surface area contributed by atoms with Crippen LogP contribution in [0.3, 0.4) is 0 Å². The minimum Gasteiger partial charge on any atom is -0.273 e. The van der Waals surface area contributed by atoms with Gasteiger partial charge in [-0.15, -0.1) is 0 Å². The summed E-state index contributed by atoms with van der Waals surface area (Å²) in [6.45, 7) is 0. The lowest BCUT2D eigenvalue weighted by Crippen LogP contribution is -2.31. The maximum absolute atomic E-state index is 6.15. The Morgan fingerprint density at radius 1 is 1.25 bits per heavy atom. The molecule has 0 aliphatic carbocycles. The highest BCUT2D eigenvalue weighted by molar-refractivity contribution is 9.09. The van der Waals surface area contributed by atoms with Gasteiger partial charge >= 0.3 is 0 Å². The van der Waals surface area contributed by atoms with Crippen molar-refractivity contribution in [2.45, 2.75) is 18.3 Å². The summed E-state index contributed by atoms with van der Waals surface area (Å²) in [5.41, 5.74) is 2.55. The van der Waals surface area contributed by atoms with Crippen molar-refractivity contribution in [3.05, 3.63) is 52.8 Å². The molecule has 2 nitrogen and oxygen atoms in total. The van der Waals surface area contributed by atoms with Crippen LogP contribution < -0.4 is 0 Å². The molecule has 1 aromatic heterocycles. The van der Waals surface area contributed by atoms with Gasteiger partial charge < -0.3 is 0 Å². The van der Waals surface area contributed by atoms with Crippen molar-refractivity contribution in [3.63, 3.8) is 0 Å². The van der Waals surface area contributed by atoms with E-state index in [1.807, 2.05) is 30.1 Å². The third-order valence-corrected chi connectivity index (χ3v) is 6.11. The smallest absolute Gasteiger partial charge is 0.0492 e. The van der Waals surface area contributed by atoms with Crippen LogP contribution in [0.5, 0.6) is 0 Å². The monoisotopic (exact) mass is 418 g/mol. The molecular weight excluding hydrogens is 403 g/mol. The molecule has 0 amide bonds. The Labute approximate surface area is 141 Å². The molecule has 20 heavy (non-hydrogen) atoms. The predicted octanol–water partition coefficient (Wildman–Crippen LogP) is 4.73. The topological polar surface area (TPSA) is 17.8 Å². The van der Waals surface area contributed by atoms with E-state index in [1.165, 1.54) is 11.3 Å². The SMILES string of the molecule is Cn1nccc1CCC(CBr)(CBr)c1cccc(Cl)c1. The fraction of sp³-hybridized carbons (Fsp3) is 0.400. The van der Waals surface area contributed by atoms with E-state index in [2.05, 4.69) is 55.2 Å². The quantitative estimate of drug-likeness (QED) is 0.618. The number of aromatic nitrogens is 2. The Hall–Kier alpha value is -0.320. The molecule has 0 saturated carbocycles. The zero-order valence-electron chi connectivity index (χ0n) is 11.3. The van der Waals surface area contributed by atoms with E-state index in [0.717, 1.165) is 28.5 Å². The Bertz CT molecular complexity index is 565. The minimum absolute atomic E-state index is 0.0369. The molecule has 2 aromatic rings. The van der Waals surface area contributed by atoms with E-state index in [1.54, 1.807) is 0 Å². The molecule has 2 rings (SSSR count). The minimum atomic E-state index is 0.0369. The Kier molecular flexibility index (Phi) is 5.70. The van der Waals surface area contributed by atoms with Crippen molar-refractivity contribution in [3.8, 4) is 0 Å². The summed E-state index contributed by atoms with van der Waals surface area (Å²) in [7, 11) is 1.98. The molecule has 1 heterocycles. The molecule has 0 fully saturated rings. The number of rotatable bonds is 6. The molecule has 0 atom stereocenters. The molecule has 0 bridgehead atoms. The van der Waals surface area contributed by atoms with Gasteiger partial charge in [-0.3, -0.25) is 4.68 Å². The van der Waals surface area contributed by atoms with Crippen molar-refractivity contribution in [2.24, 2.45) is 7.05 Å². The number of aryl methyl sites for hydroxylation is 2. The second-order valence-electron chi connectivity index (χ2n) is 5.00. The lowest BCUT2D eigenvalue weighted by atomic mass is 9.80. The number of hydrogen-bond donors (Lipinski definition) is 0. The van der Waals surface area contributed by atoms with E-state index in [9.17, 15) is 0 Å². The summed E-state index contributed by atoms with van der Waals surface area (Å²) in [6, 6.07) is 10.2. The van der Waals surface area contributed by atoms with Crippen molar-refractivity contribution >= 4 is 43.5 Å². The Morgan fingerprint density at radius 2 is 2.00 bits per heavy atom. The molecule has 108 valence electrons. The van der Waals surface area contributed by atoms with Crippen LogP contribution in [0.2, 0.25) is 5.02 Å². The standard InChI is InChI=1S/C15H17Br2ClN2/c1-20-14(6-8-19-20)5-7-15(10-16,11-17)12-3-2-4-13(18)9-12/h2-4,6,8-9H,5,7,10-11H2,1H3. The summed E-state index contributed by atoms with van der Waals surface area (Å²) in [4.78, 5) is 0. The first-order valence-electron chi connectivity index (χ1n) is 6.46. The second kappa shape index (κ2) is 7.10. The van der Waals surface area contributed by atoms with Gasteiger partial charge in [-0.2, -0.15) is 5.10 Å². The first-order chi connectivity index (χ1) is 9.61. The molecule has 0 N–H and O–H groups in total. The van der Waals surface area contributed by atoms with Gasteiger partial charge in [0.15, 0.2) is 0 Å².